The molecular formula is C16H13N. The minimum absolute atomic E-state index is 0.500. The zero-order valence-corrected chi connectivity index (χ0v) is 9.35. The van der Waals surface area contributed by atoms with Gasteiger partial charge in [-0.1, -0.05) is 66.7 Å². The molecular weight excluding hydrogens is 206 g/mol. The number of fused-ring (bicyclic) bond motifs is 1. The average Bonchev–Trinajstić information content (AvgIpc) is 2.41. The molecule has 0 aliphatic carbocycles. The van der Waals surface area contributed by atoms with E-state index in [0.717, 1.165) is 27.6 Å². The zero-order chi connectivity index (χ0) is 12.5. The summed E-state index contributed by atoms with van der Waals surface area (Å²) in [5, 5.41) is 2.17. The van der Waals surface area contributed by atoms with Crippen LogP contribution in [0, 0.1) is 0 Å². The van der Waals surface area contributed by atoms with Crippen molar-refractivity contribution in [3.8, 4) is 11.1 Å². The van der Waals surface area contributed by atoms with Gasteiger partial charge in [-0.25, -0.2) is 0 Å². The van der Waals surface area contributed by atoms with Gasteiger partial charge in [0.2, 0.25) is 0 Å². The van der Waals surface area contributed by atoms with Crippen molar-refractivity contribution in [2.75, 3.05) is 5.73 Å². The highest BCUT2D eigenvalue weighted by atomic mass is 14.6. The Kier molecular flexibility index (Phi) is 2.05. The van der Waals surface area contributed by atoms with Crippen molar-refractivity contribution in [3.63, 3.8) is 0 Å². The van der Waals surface area contributed by atoms with Crippen molar-refractivity contribution >= 4 is 16.5 Å². The molecule has 0 atom stereocenters. The first-order chi connectivity index (χ1) is 8.77. The fourth-order valence-corrected chi connectivity index (χ4v) is 2.09. The highest BCUT2D eigenvalue weighted by molar-refractivity contribution is 6.00. The third-order valence-corrected chi connectivity index (χ3v) is 2.97. The van der Waals surface area contributed by atoms with Gasteiger partial charge in [0.1, 0.15) is 0 Å². The minimum atomic E-state index is 0.500. The molecule has 0 unspecified atom stereocenters. The lowest BCUT2D eigenvalue weighted by Crippen LogP contribution is -1.91. The summed E-state index contributed by atoms with van der Waals surface area (Å²) in [6, 6.07) is 20.1. The highest BCUT2D eigenvalue weighted by Crippen LogP contribution is 2.32. The van der Waals surface area contributed by atoms with Gasteiger partial charge in [-0.05, 0) is 10.9 Å². The van der Waals surface area contributed by atoms with Crippen LogP contribution in [-0.4, -0.2) is 0 Å². The molecule has 17 heavy (non-hydrogen) atoms. The quantitative estimate of drug-likeness (QED) is 0.614. The van der Waals surface area contributed by atoms with Crippen LogP contribution >= 0.6 is 0 Å². The van der Waals surface area contributed by atoms with E-state index in [2.05, 4.69) is 0 Å². The van der Waals surface area contributed by atoms with Crippen molar-refractivity contribution in [2.24, 2.45) is 0 Å². The first kappa shape index (κ1) is 8.82. The molecule has 82 valence electrons. The number of anilines is 1. The number of nitrogens with two attached hydrogens (primary N) is 1. The maximum Gasteiger partial charge on any atom is 0.0629 e. The molecule has 0 bridgehead atoms. The topological polar surface area (TPSA) is 26.0 Å². The van der Waals surface area contributed by atoms with E-state index >= 15 is 0 Å². The SMILES string of the molecule is [2H]c1ccccc1-c1ccc2ccccc2c1N. The summed E-state index contributed by atoms with van der Waals surface area (Å²) in [4.78, 5) is 0. The predicted octanol–water partition coefficient (Wildman–Crippen LogP) is 4.09. The van der Waals surface area contributed by atoms with E-state index in [1.54, 1.807) is 6.07 Å². The van der Waals surface area contributed by atoms with Gasteiger partial charge in [-0.2, -0.15) is 0 Å². The van der Waals surface area contributed by atoms with Crippen LogP contribution in [0.15, 0.2) is 66.7 Å². The average molecular weight is 220 g/mol. The lowest BCUT2D eigenvalue weighted by Gasteiger charge is -2.09. The molecule has 3 aromatic rings. The monoisotopic (exact) mass is 220 g/mol. The molecule has 1 heteroatoms. The van der Waals surface area contributed by atoms with E-state index in [4.69, 9.17) is 7.10 Å². The summed E-state index contributed by atoms with van der Waals surface area (Å²) in [5.74, 6) is 0. The Morgan fingerprint density at radius 3 is 2.53 bits per heavy atom. The van der Waals surface area contributed by atoms with Crippen molar-refractivity contribution in [1.82, 2.24) is 0 Å². The molecule has 3 aromatic carbocycles. The largest absolute Gasteiger partial charge is 0.398 e. The Bertz CT molecular complexity index is 719. The highest BCUT2D eigenvalue weighted by Gasteiger charge is 2.05. The van der Waals surface area contributed by atoms with Gasteiger partial charge in [-0.15, -0.1) is 0 Å². The molecule has 0 saturated heterocycles. The summed E-state index contributed by atoms with van der Waals surface area (Å²) in [6.07, 6.45) is 0. The van der Waals surface area contributed by atoms with Gasteiger partial charge >= 0.3 is 0 Å². The smallest absolute Gasteiger partial charge is 0.0629 e. The van der Waals surface area contributed by atoms with Crippen molar-refractivity contribution in [3.05, 3.63) is 66.7 Å². The van der Waals surface area contributed by atoms with E-state index in [1.807, 2.05) is 54.6 Å². The van der Waals surface area contributed by atoms with Crippen LogP contribution in [0.1, 0.15) is 1.37 Å². The van der Waals surface area contributed by atoms with Crippen molar-refractivity contribution in [1.29, 1.82) is 0 Å². The molecule has 0 saturated carbocycles. The van der Waals surface area contributed by atoms with Crippen LogP contribution < -0.4 is 5.73 Å². The second-order valence-electron chi connectivity index (χ2n) is 4.02. The molecule has 0 heterocycles. The maximum absolute atomic E-state index is 7.96. The molecule has 1 nitrogen and oxygen atoms in total. The fourth-order valence-electron chi connectivity index (χ4n) is 2.09. The van der Waals surface area contributed by atoms with Crippen LogP contribution in [0.25, 0.3) is 21.9 Å². The molecule has 0 aliphatic rings. The lowest BCUT2D eigenvalue weighted by atomic mass is 9.99. The molecule has 3 rings (SSSR count). The van der Waals surface area contributed by atoms with Gasteiger partial charge in [0.15, 0.2) is 0 Å². The van der Waals surface area contributed by atoms with E-state index in [0.29, 0.717) is 6.04 Å². The van der Waals surface area contributed by atoms with Crippen LogP contribution in [0.2, 0.25) is 0 Å². The summed E-state index contributed by atoms with van der Waals surface area (Å²) in [6.45, 7) is 0. The summed E-state index contributed by atoms with van der Waals surface area (Å²) < 4.78 is 7.96. The standard InChI is InChI=1S/C16H13N/c17-16-14-9-5-4-8-13(14)10-11-15(16)12-6-2-1-3-7-12/h1-11H,17H2/i6D. The second-order valence-corrected chi connectivity index (χ2v) is 4.02. The first-order valence-corrected chi connectivity index (χ1v) is 5.60. The molecule has 0 radical (unpaired) electrons. The van der Waals surface area contributed by atoms with Gasteiger partial charge < -0.3 is 5.73 Å². The Morgan fingerprint density at radius 2 is 1.65 bits per heavy atom. The third kappa shape index (κ3) is 1.66. The Labute approximate surface area is 102 Å². The zero-order valence-electron chi connectivity index (χ0n) is 10.4. The number of hydrogen-bond donors (Lipinski definition) is 1. The number of benzene rings is 3. The van der Waals surface area contributed by atoms with Crippen molar-refractivity contribution in [2.45, 2.75) is 0 Å². The second kappa shape index (κ2) is 3.95. The Balaban J connectivity index is 2.31. The van der Waals surface area contributed by atoms with E-state index < -0.39 is 0 Å². The number of hydrogen-bond acceptors (Lipinski definition) is 1. The van der Waals surface area contributed by atoms with Gasteiger partial charge in [0, 0.05) is 16.6 Å². The van der Waals surface area contributed by atoms with Crippen LogP contribution in [0.5, 0.6) is 0 Å². The number of nitrogen functional groups attached to an aromatic ring is 1. The minimum Gasteiger partial charge on any atom is -0.398 e. The summed E-state index contributed by atoms with van der Waals surface area (Å²) >= 11 is 0. The van der Waals surface area contributed by atoms with Crippen LogP contribution in [0.3, 0.4) is 0 Å². The van der Waals surface area contributed by atoms with E-state index in [9.17, 15) is 0 Å². The Morgan fingerprint density at radius 1 is 0.824 bits per heavy atom. The van der Waals surface area contributed by atoms with E-state index in [1.165, 1.54) is 0 Å². The Hall–Kier alpha value is -2.28. The summed E-state index contributed by atoms with van der Waals surface area (Å²) in [5.41, 5.74) is 8.79. The maximum atomic E-state index is 7.96. The van der Waals surface area contributed by atoms with Crippen LogP contribution in [-0.2, 0) is 0 Å². The molecule has 2 N–H and O–H groups in total. The normalized spacial score (nSPS) is 11.4. The van der Waals surface area contributed by atoms with Gasteiger partial charge in [-0.3, -0.25) is 0 Å². The molecule has 0 amide bonds. The molecule has 0 fully saturated rings. The summed E-state index contributed by atoms with van der Waals surface area (Å²) in [7, 11) is 0. The fraction of sp³-hybridized carbons (Fsp3) is 0. The molecule has 0 aliphatic heterocycles. The van der Waals surface area contributed by atoms with Gasteiger partial charge in [0.25, 0.3) is 0 Å². The lowest BCUT2D eigenvalue weighted by molar-refractivity contribution is 1.64. The first-order valence-electron chi connectivity index (χ1n) is 6.10. The third-order valence-electron chi connectivity index (χ3n) is 2.97. The predicted molar refractivity (Wildman–Crippen MR) is 73.8 cm³/mol. The molecule has 0 aromatic heterocycles. The molecule has 0 spiro atoms. The van der Waals surface area contributed by atoms with Crippen molar-refractivity contribution < 1.29 is 1.37 Å². The van der Waals surface area contributed by atoms with Crippen LogP contribution in [0.4, 0.5) is 5.69 Å². The van der Waals surface area contributed by atoms with E-state index in [-0.39, 0.29) is 0 Å². The van der Waals surface area contributed by atoms with Gasteiger partial charge in [0.05, 0.1) is 1.37 Å². The number of rotatable bonds is 1.